The maximum Gasteiger partial charge on any atom is 0.288 e. The van der Waals surface area contributed by atoms with Crippen molar-refractivity contribution >= 4 is 23.3 Å². The van der Waals surface area contributed by atoms with E-state index in [1.165, 1.54) is 0 Å². The van der Waals surface area contributed by atoms with Crippen LogP contribution < -0.4 is 5.73 Å². The molecule has 0 saturated carbocycles. The zero-order valence-corrected chi connectivity index (χ0v) is 10.8. The molecule has 19 heavy (non-hydrogen) atoms. The van der Waals surface area contributed by atoms with Crippen molar-refractivity contribution in [2.45, 2.75) is 12.5 Å². The van der Waals surface area contributed by atoms with Crippen molar-refractivity contribution in [3.63, 3.8) is 0 Å². The van der Waals surface area contributed by atoms with Crippen LogP contribution in [0.3, 0.4) is 0 Å². The van der Waals surface area contributed by atoms with E-state index in [1.54, 1.807) is 25.1 Å². The van der Waals surface area contributed by atoms with Crippen LogP contribution in [0.25, 0.3) is 0 Å². The van der Waals surface area contributed by atoms with Gasteiger partial charge in [0.15, 0.2) is 5.60 Å². The molecule has 0 amide bonds. The standard InChI is InChI=1S/C15H13ClN2O/c1-15(10-5-3-2-4-6-10)12-9-11(16)7-8-13(12)18-14(17)19-15/h2-9H,1H3,(H2,17,18)/i2D,3D,4D,5D,6D. The summed E-state index contributed by atoms with van der Waals surface area (Å²) in [6.07, 6.45) is 0. The highest BCUT2D eigenvalue weighted by Crippen LogP contribution is 2.42. The molecule has 0 bridgehead atoms. The number of rotatable bonds is 1. The second-order valence-corrected chi connectivity index (χ2v) is 4.68. The minimum Gasteiger partial charge on any atom is -0.449 e. The van der Waals surface area contributed by atoms with Crippen molar-refractivity contribution < 1.29 is 11.6 Å². The Balaban J connectivity index is 2.39. The van der Waals surface area contributed by atoms with Crippen molar-refractivity contribution in [2.24, 2.45) is 10.7 Å². The first-order chi connectivity index (χ1) is 11.2. The van der Waals surface area contributed by atoms with E-state index in [2.05, 4.69) is 4.99 Å². The van der Waals surface area contributed by atoms with E-state index in [0.29, 0.717) is 16.3 Å². The molecule has 1 aliphatic heterocycles. The van der Waals surface area contributed by atoms with Crippen LogP contribution >= 0.6 is 11.6 Å². The average molecular weight is 278 g/mol. The molecule has 0 fully saturated rings. The number of aliphatic imine (C=N–C) groups is 1. The van der Waals surface area contributed by atoms with Gasteiger partial charge in [0, 0.05) is 10.6 Å². The van der Waals surface area contributed by atoms with Crippen molar-refractivity contribution in [1.29, 1.82) is 0 Å². The van der Waals surface area contributed by atoms with Crippen molar-refractivity contribution in [3.8, 4) is 0 Å². The van der Waals surface area contributed by atoms with E-state index in [-0.39, 0.29) is 23.7 Å². The normalized spacial score (nSPS) is 24.9. The number of benzene rings is 2. The first kappa shape index (κ1) is 7.56. The van der Waals surface area contributed by atoms with Crippen molar-refractivity contribution in [3.05, 3.63) is 64.6 Å². The molecule has 1 unspecified atom stereocenters. The van der Waals surface area contributed by atoms with Gasteiger partial charge < -0.3 is 10.5 Å². The summed E-state index contributed by atoms with van der Waals surface area (Å²) in [7, 11) is 0. The summed E-state index contributed by atoms with van der Waals surface area (Å²) in [6, 6.07) is 2.63. The predicted molar refractivity (Wildman–Crippen MR) is 76.7 cm³/mol. The van der Waals surface area contributed by atoms with Gasteiger partial charge in [-0.2, -0.15) is 4.99 Å². The van der Waals surface area contributed by atoms with Gasteiger partial charge in [-0.05, 0) is 30.7 Å². The molecule has 0 spiro atoms. The van der Waals surface area contributed by atoms with Gasteiger partial charge in [-0.15, -0.1) is 0 Å². The van der Waals surface area contributed by atoms with Gasteiger partial charge in [0.1, 0.15) is 0 Å². The largest absolute Gasteiger partial charge is 0.449 e. The minimum absolute atomic E-state index is 0.0186. The fraction of sp³-hybridized carbons (Fsp3) is 0.133. The molecule has 1 aliphatic rings. The van der Waals surface area contributed by atoms with E-state index in [4.69, 9.17) is 28.9 Å². The van der Waals surface area contributed by atoms with E-state index in [9.17, 15) is 0 Å². The number of nitrogens with two attached hydrogens (primary N) is 1. The van der Waals surface area contributed by atoms with Crippen LogP contribution in [0, 0.1) is 0 Å². The van der Waals surface area contributed by atoms with Crippen LogP contribution in [0.5, 0.6) is 0 Å². The SMILES string of the molecule is [2H]c1c([2H])c([2H])c(C2(C)OC(N)=Nc3ccc(Cl)cc32)c([2H])c1[2H]. The Kier molecular flexibility index (Phi) is 1.70. The third kappa shape index (κ3) is 1.96. The third-order valence-electron chi connectivity index (χ3n) is 2.99. The summed E-state index contributed by atoms with van der Waals surface area (Å²) in [5.74, 6) is 0. The highest BCUT2D eigenvalue weighted by Gasteiger charge is 2.37. The second-order valence-electron chi connectivity index (χ2n) is 4.25. The van der Waals surface area contributed by atoms with Gasteiger partial charge in [-0.3, -0.25) is 0 Å². The fourth-order valence-electron chi connectivity index (χ4n) is 2.07. The molecule has 3 nitrogen and oxygen atoms in total. The van der Waals surface area contributed by atoms with Gasteiger partial charge in [0.25, 0.3) is 6.02 Å². The maximum absolute atomic E-state index is 8.19. The quantitative estimate of drug-likeness (QED) is 0.866. The highest BCUT2D eigenvalue weighted by atomic mass is 35.5. The third-order valence-corrected chi connectivity index (χ3v) is 3.22. The second kappa shape index (κ2) is 4.28. The first-order valence-electron chi connectivity index (χ1n) is 8.07. The van der Waals surface area contributed by atoms with E-state index >= 15 is 0 Å². The first-order valence-corrected chi connectivity index (χ1v) is 5.95. The maximum atomic E-state index is 8.19. The summed E-state index contributed by atoms with van der Waals surface area (Å²) >= 11 is 6.06. The number of hydrogen-bond donors (Lipinski definition) is 1. The van der Waals surface area contributed by atoms with Gasteiger partial charge in [-0.1, -0.05) is 41.8 Å². The van der Waals surface area contributed by atoms with Crippen LogP contribution in [-0.2, 0) is 10.3 Å². The number of fused-ring (bicyclic) bond motifs is 1. The molecule has 0 saturated heterocycles. The van der Waals surface area contributed by atoms with E-state index < -0.39 is 23.7 Å². The summed E-state index contributed by atoms with van der Waals surface area (Å²) < 4.78 is 45.5. The Bertz CT molecular complexity index is 873. The average Bonchev–Trinajstić information content (AvgIpc) is 2.52. The Morgan fingerprint density at radius 2 is 2.05 bits per heavy atom. The molecule has 1 heterocycles. The molecule has 2 aromatic carbocycles. The van der Waals surface area contributed by atoms with Gasteiger partial charge in [-0.25, -0.2) is 0 Å². The summed E-state index contributed by atoms with van der Waals surface area (Å²) in [4.78, 5) is 4.09. The molecule has 0 aliphatic carbocycles. The molecular formula is C15H13ClN2O. The van der Waals surface area contributed by atoms with Crippen molar-refractivity contribution in [2.75, 3.05) is 0 Å². The van der Waals surface area contributed by atoms with E-state index in [1.807, 2.05) is 0 Å². The van der Waals surface area contributed by atoms with Crippen LogP contribution in [0.2, 0.25) is 5.02 Å². The van der Waals surface area contributed by atoms with Gasteiger partial charge in [0.05, 0.1) is 12.5 Å². The molecule has 1 atom stereocenters. The van der Waals surface area contributed by atoms with Crippen molar-refractivity contribution in [1.82, 2.24) is 0 Å². The molecular weight excluding hydrogens is 260 g/mol. The monoisotopic (exact) mass is 277 g/mol. The summed E-state index contributed by atoms with van der Waals surface area (Å²) in [5, 5.41) is 0.409. The lowest BCUT2D eigenvalue weighted by Crippen LogP contribution is -2.36. The summed E-state index contributed by atoms with van der Waals surface area (Å²) in [6.45, 7) is 1.58. The highest BCUT2D eigenvalue weighted by molar-refractivity contribution is 6.30. The topological polar surface area (TPSA) is 47.6 Å². The number of nitrogens with zero attached hydrogens (tertiary/aromatic N) is 1. The Morgan fingerprint density at radius 1 is 1.32 bits per heavy atom. The number of ether oxygens (including phenoxy) is 1. The number of halogens is 1. The number of amidine groups is 1. The molecule has 4 heteroatoms. The zero-order valence-electron chi connectivity index (χ0n) is 15.0. The van der Waals surface area contributed by atoms with Gasteiger partial charge >= 0.3 is 0 Å². The lowest BCUT2D eigenvalue weighted by atomic mass is 9.86. The Hall–Kier alpha value is -2.00. The molecule has 96 valence electrons. The Labute approximate surface area is 123 Å². The molecule has 2 aromatic rings. The molecule has 2 N–H and O–H groups in total. The lowest BCUT2D eigenvalue weighted by molar-refractivity contribution is 0.111. The fourth-order valence-corrected chi connectivity index (χ4v) is 2.24. The number of hydrogen-bond acceptors (Lipinski definition) is 3. The smallest absolute Gasteiger partial charge is 0.288 e. The molecule has 0 aromatic heterocycles. The van der Waals surface area contributed by atoms with E-state index in [0.717, 1.165) is 0 Å². The van der Waals surface area contributed by atoms with Crippen LogP contribution in [-0.4, -0.2) is 6.02 Å². The van der Waals surface area contributed by atoms with Crippen LogP contribution in [0.1, 0.15) is 24.9 Å². The van der Waals surface area contributed by atoms with Gasteiger partial charge in [0.2, 0.25) is 0 Å². The molecule has 0 radical (unpaired) electrons. The van der Waals surface area contributed by atoms with Crippen LogP contribution in [0.15, 0.2) is 53.4 Å². The zero-order chi connectivity index (χ0) is 17.8. The minimum atomic E-state index is -1.42. The molecule has 3 rings (SSSR count). The lowest BCUT2D eigenvalue weighted by Gasteiger charge is -2.34. The summed E-state index contributed by atoms with van der Waals surface area (Å²) in [5.41, 5.74) is 5.26. The predicted octanol–water partition coefficient (Wildman–Crippen LogP) is 3.58. The Morgan fingerprint density at radius 3 is 2.79 bits per heavy atom. The van der Waals surface area contributed by atoms with Crippen LogP contribution in [0.4, 0.5) is 5.69 Å².